The number of nitrogens with zero attached hydrogens (tertiary/aromatic N) is 1. The molecule has 3 rings (SSSR count). The predicted octanol–water partition coefficient (Wildman–Crippen LogP) is 2.33. The van der Waals surface area contributed by atoms with Crippen LogP contribution in [0.3, 0.4) is 0 Å². The Morgan fingerprint density at radius 3 is 2.20 bits per heavy atom. The summed E-state index contributed by atoms with van der Waals surface area (Å²) in [7, 11) is -3.33. The van der Waals surface area contributed by atoms with E-state index in [1.54, 1.807) is 10.4 Å². The summed E-state index contributed by atoms with van der Waals surface area (Å²) in [5, 5.41) is 0. The van der Waals surface area contributed by atoms with Crippen LogP contribution in [0.15, 0.2) is 10.3 Å². The van der Waals surface area contributed by atoms with Crippen molar-refractivity contribution in [2.45, 2.75) is 43.4 Å². The zero-order chi connectivity index (χ0) is 14.3. The van der Waals surface area contributed by atoms with Crippen LogP contribution in [0.5, 0.6) is 0 Å². The summed E-state index contributed by atoms with van der Waals surface area (Å²) in [4.78, 5) is 0.973. The first-order chi connectivity index (χ1) is 9.50. The molecule has 2 fully saturated rings. The molecule has 0 unspecified atom stereocenters. The zero-order valence-corrected chi connectivity index (χ0v) is 13.5. The Kier molecular flexibility index (Phi) is 3.92. The van der Waals surface area contributed by atoms with Crippen molar-refractivity contribution in [3.05, 3.63) is 16.5 Å². The molecule has 0 amide bonds. The van der Waals surface area contributed by atoms with E-state index in [0.717, 1.165) is 10.4 Å². The van der Waals surface area contributed by atoms with E-state index in [9.17, 15) is 8.42 Å². The predicted molar refractivity (Wildman–Crippen MR) is 81.2 cm³/mol. The van der Waals surface area contributed by atoms with Gasteiger partial charge in [-0.3, -0.25) is 0 Å². The molecule has 1 heterocycles. The van der Waals surface area contributed by atoms with Gasteiger partial charge in [0.25, 0.3) is 10.0 Å². The molecular formula is C14H22N2O2S2. The van der Waals surface area contributed by atoms with Crippen LogP contribution in [-0.2, 0) is 16.6 Å². The maximum atomic E-state index is 12.8. The van der Waals surface area contributed by atoms with Crippen molar-refractivity contribution in [3.8, 4) is 0 Å². The van der Waals surface area contributed by atoms with Gasteiger partial charge in [0, 0.05) is 24.5 Å². The van der Waals surface area contributed by atoms with Crippen LogP contribution in [0.4, 0.5) is 0 Å². The highest BCUT2D eigenvalue weighted by Crippen LogP contribution is 2.37. The van der Waals surface area contributed by atoms with Crippen molar-refractivity contribution >= 4 is 21.4 Å². The molecule has 0 atom stereocenters. The Morgan fingerprint density at radius 1 is 1.25 bits per heavy atom. The Hall–Kier alpha value is -0.430. The first kappa shape index (κ1) is 14.5. The third kappa shape index (κ3) is 3.08. The van der Waals surface area contributed by atoms with Crippen molar-refractivity contribution in [1.82, 2.24) is 4.31 Å². The molecule has 112 valence electrons. The third-order valence-corrected chi connectivity index (χ3v) is 7.64. The van der Waals surface area contributed by atoms with Gasteiger partial charge in [0.05, 0.1) is 0 Å². The molecule has 1 aromatic heterocycles. The summed E-state index contributed by atoms with van der Waals surface area (Å²) >= 11 is 1.34. The van der Waals surface area contributed by atoms with Gasteiger partial charge < -0.3 is 5.73 Å². The van der Waals surface area contributed by atoms with E-state index in [4.69, 9.17) is 5.73 Å². The largest absolute Gasteiger partial charge is 0.326 e. The Labute approximate surface area is 125 Å². The molecule has 2 N–H and O–H groups in total. The lowest BCUT2D eigenvalue weighted by atomic mass is 10.3. The fraction of sp³-hybridized carbons (Fsp3) is 0.714. The second-order valence-electron chi connectivity index (χ2n) is 6.08. The molecule has 4 nitrogen and oxygen atoms in total. The average molecular weight is 314 g/mol. The van der Waals surface area contributed by atoms with Crippen molar-refractivity contribution in [2.24, 2.45) is 17.6 Å². The number of nitrogens with two attached hydrogens (primary N) is 1. The first-order valence-electron chi connectivity index (χ1n) is 7.30. The second-order valence-corrected chi connectivity index (χ2v) is 9.39. The molecule has 0 aliphatic heterocycles. The smallest absolute Gasteiger partial charge is 0.252 e. The monoisotopic (exact) mass is 314 g/mol. The number of hydrogen-bond acceptors (Lipinski definition) is 4. The highest BCUT2D eigenvalue weighted by Gasteiger charge is 2.36. The molecule has 20 heavy (non-hydrogen) atoms. The van der Waals surface area contributed by atoms with Gasteiger partial charge in [-0.25, -0.2) is 8.42 Å². The third-order valence-electron chi connectivity index (χ3n) is 4.10. The van der Waals surface area contributed by atoms with E-state index in [2.05, 4.69) is 0 Å². The van der Waals surface area contributed by atoms with Gasteiger partial charge in [-0.2, -0.15) is 4.31 Å². The van der Waals surface area contributed by atoms with Crippen molar-refractivity contribution in [3.63, 3.8) is 0 Å². The normalized spacial score (nSPS) is 19.8. The minimum Gasteiger partial charge on any atom is -0.326 e. The molecule has 2 aliphatic carbocycles. The number of rotatable bonds is 7. The first-order valence-corrected chi connectivity index (χ1v) is 9.56. The minimum atomic E-state index is -3.33. The second kappa shape index (κ2) is 5.40. The lowest BCUT2D eigenvalue weighted by Gasteiger charge is -2.21. The van der Waals surface area contributed by atoms with Crippen LogP contribution in [0.1, 0.15) is 36.1 Å². The highest BCUT2D eigenvalue weighted by molar-refractivity contribution is 7.91. The number of aryl methyl sites for hydroxylation is 1. The van der Waals surface area contributed by atoms with Crippen molar-refractivity contribution < 1.29 is 8.42 Å². The number of sulfonamides is 1. The van der Waals surface area contributed by atoms with Crippen LogP contribution in [-0.4, -0.2) is 25.8 Å². The summed E-state index contributed by atoms with van der Waals surface area (Å²) in [6, 6.07) is 1.79. The maximum Gasteiger partial charge on any atom is 0.252 e. The molecular weight excluding hydrogens is 292 g/mol. The Balaban J connectivity index is 1.84. The molecule has 0 aromatic carbocycles. The number of thiophene rings is 1. The van der Waals surface area contributed by atoms with Gasteiger partial charge in [-0.1, -0.05) is 0 Å². The lowest BCUT2D eigenvalue weighted by molar-refractivity contribution is 0.383. The van der Waals surface area contributed by atoms with E-state index in [0.29, 0.717) is 35.7 Å². The van der Waals surface area contributed by atoms with Crippen LogP contribution < -0.4 is 5.73 Å². The van der Waals surface area contributed by atoms with Crippen molar-refractivity contribution in [2.75, 3.05) is 13.1 Å². The van der Waals surface area contributed by atoms with Gasteiger partial charge in [0.15, 0.2) is 0 Å². The van der Waals surface area contributed by atoms with E-state index < -0.39 is 10.0 Å². The molecule has 6 heteroatoms. The van der Waals surface area contributed by atoms with E-state index in [-0.39, 0.29) is 0 Å². The topological polar surface area (TPSA) is 63.4 Å². The molecule has 0 spiro atoms. The van der Waals surface area contributed by atoms with Crippen LogP contribution >= 0.6 is 11.3 Å². The molecule has 0 bridgehead atoms. The molecule has 1 aromatic rings. The van der Waals surface area contributed by atoms with Crippen LogP contribution in [0.2, 0.25) is 0 Å². The molecule has 0 saturated heterocycles. The van der Waals surface area contributed by atoms with Gasteiger partial charge in [0.1, 0.15) is 4.21 Å². The van der Waals surface area contributed by atoms with Gasteiger partial charge >= 0.3 is 0 Å². The van der Waals surface area contributed by atoms with E-state index in [1.165, 1.54) is 37.0 Å². The van der Waals surface area contributed by atoms with Crippen molar-refractivity contribution in [1.29, 1.82) is 0 Å². The lowest BCUT2D eigenvalue weighted by Crippen LogP contribution is -2.34. The van der Waals surface area contributed by atoms with E-state index >= 15 is 0 Å². The highest BCUT2D eigenvalue weighted by atomic mass is 32.2. The molecule has 2 aliphatic rings. The average Bonchev–Trinajstić information content (AvgIpc) is 3.30. The van der Waals surface area contributed by atoms with Gasteiger partial charge in [-0.05, 0) is 56.1 Å². The SMILES string of the molecule is Cc1cc(S(=O)(=O)N(CC2CC2)CC2CC2)sc1CN. The standard InChI is InChI=1S/C14H22N2O2S2/c1-10-6-14(19-13(10)7-15)20(17,18)16(8-11-2-3-11)9-12-4-5-12/h6,11-12H,2-5,7-9,15H2,1H3. The molecule has 0 radical (unpaired) electrons. The summed E-state index contributed by atoms with van der Waals surface area (Å²) in [5.41, 5.74) is 6.66. The Bertz CT molecular complexity index is 572. The fourth-order valence-corrected chi connectivity index (χ4v) is 5.61. The Morgan fingerprint density at radius 2 is 1.80 bits per heavy atom. The zero-order valence-electron chi connectivity index (χ0n) is 11.8. The summed E-state index contributed by atoms with van der Waals surface area (Å²) in [6.45, 7) is 3.75. The van der Waals surface area contributed by atoms with Gasteiger partial charge in [0.2, 0.25) is 0 Å². The quantitative estimate of drug-likeness (QED) is 0.840. The fourth-order valence-electron chi connectivity index (χ4n) is 2.39. The van der Waals surface area contributed by atoms with Crippen LogP contribution in [0, 0.1) is 18.8 Å². The summed E-state index contributed by atoms with van der Waals surface area (Å²) < 4.78 is 27.9. The van der Waals surface area contributed by atoms with Crippen LogP contribution in [0.25, 0.3) is 0 Å². The van der Waals surface area contributed by atoms with Gasteiger partial charge in [-0.15, -0.1) is 11.3 Å². The summed E-state index contributed by atoms with van der Waals surface area (Å²) in [5.74, 6) is 1.16. The minimum absolute atomic E-state index is 0.414. The summed E-state index contributed by atoms with van der Waals surface area (Å²) in [6.07, 6.45) is 4.70. The number of hydrogen-bond donors (Lipinski definition) is 1. The molecule has 2 saturated carbocycles. The van der Waals surface area contributed by atoms with E-state index in [1.807, 2.05) is 6.92 Å². The maximum absolute atomic E-state index is 12.8.